The Kier molecular flexibility index (Phi) is 7.31. The minimum absolute atomic E-state index is 0.146. The zero-order valence-corrected chi connectivity index (χ0v) is 19.3. The van der Waals surface area contributed by atoms with E-state index in [1.807, 2.05) is 4.90 Å². The first kappa shape index (κ1) is 26.9. The van der Waals surface area contributed by atoms with Gasteiger partial charge in [-0.1, -0.05) is 12.1 Å². The van der Waals surface area contributed by atoms with Gasteiger partial charge < -0.3 is 14.7 Å². The van der Waals surface area contributed by atoms with E-state index in [0.29, 0.717) is 30.5 Å². The van der Waals surface area contributed by atoms with Crippen LogP contribution in [-0.2, 0) is 18.9 Å². The molecule has 0 atom stereocenters. The maximum atomic E-state index is 13.1. The van der Waals surface area contributed by atoms with Crippen molar-refractivity contribution in [2.45, 2.75) is 18.9 Å². The molecule has 1 aliphatic heterocycles. The summed E-state index contributed by atoms with van der Waals surface area (Å²) in [5.74, 6) is -1.84. The molecular weight excluding hydrogens is 524 g/mol. The number of pyridine rings is 1. The van der Waals surface area contributed by atoms with Crippen LogP contribution in [0.25, 0.3) is 0 Å². The Bertz CT molecular complexity index is 1330. The lowest BCUT2D eigenvalue weighted by Gasteiger charge is -2.34. The van der Waals surface area contributed by atoms with Gasteiger partial charge in [0, 0.05) is 51.2 Å². The molecule has 9 nitrogen and oxygen atoms in total. The molecule has 38 heavy (non-hydrogen) atoms. The molecule has 3 heterocycles. The fourth-order valence-electron chi connectivity index (χ4n) is 3.81. The van der Waals surface area contributed by atoms with Crippen LogP contribution >= 0.6 is 0 Å². The van der Waals surface area contributed by atoms with Crippen LogP contribution in [0.1, 0.15) is 27.2 Å². The second kappa shape index (κ2) is 10.3. The van der Waals surface area contributed by atoms with Crippen molar-refractivity contribution in [3.8, 4) is 11.6 Å². The molecule has 0 aliphatic carbocycles. The number of carbonyl (C=O) groups excluding carboxylic acids is 1. The van der Waals surface area contributed by atoms with Crippen molar-refractivity contribution in [3.63, 3.8) is 0 Å². The van der Waals surface area contributed by atoms with E-state index < -0.39 is 41.2 Å². The third-order valence-electron chi connectivity index (χ3n) is 5.65. The molecule has 0 spiro atoms. The standard InChI is InChI=1S/C23H19F6N5O4/c24-22(25,26)15-4-5-30-18(11-15)38-16-3-1-2-14(10-16)12-32-6-8-33(9-7-32)21(37)34-13-17(23(27,28)29)19(31-34)20(35)36/h1-5,10-11,13H,6-9,12H2,(H,35,36). The van der Waals surface area contributed by atoms with Gasteiger partial charge in [-0.3, -0.25) is 4.90 Å². The molecule has 4 rings (SSSR count). The van der Waals surface area contributed by atoms with Gasteiger partial charge in [-0.05, 0) is 23.8 Å². The van der Waals surface area contributed by atoms with Gasteiger partial charge in [0.2, 0.25) is 5.88 Å². The van der Waals surface area contributed by atoms with Crippen LogP contribution in [0.2, 0.25) is 0 Å². The number of carboxylic acid groups (broad SMARTS) is 1. The Morgan fingerprint density at radius 2 is 1.68 bits per heavy atom. The highest BCUT2D eigenvalue weighted by atomic mass is 19.4. The van der Waals surface area contributed by atoms with Crippen molar-refractivity contribution < 1.29 is 45.8 Å². The van der Waals surface area contributed by atoms with Gasteiger partial charge >= 0.3 is 24.4 Å². The lowest BCUT2D eigenvalue weighted by atomic mass is 10.2. The Labute approximate surface area is 210 Å². The molecule has 0 radical (unpaired) electrons. The third kappa shape index (κ3) is 6.22. The second-order valence-corrected chi connectivity index (χ2v) is 8.31. The summed E-state index contributed by atoms with van der Waals surface area (Å²) in [6.07, 6.45) is -8.16. The Balaban J connectivity index is 1.37. The summed E-state index contributed by atoms with van der Waals surface area (Å²) in [5.41, 5.74) is -2.90. The molecule has 15 heteroatoms. The highest BCUT2D eigenvalue weighted by Gasteiger charge is 2.39. The van der Waals surface area contributed by atoms with E-state index >= 15 is 0 Å². The topological polar surface area (TPSA) is 101 Å². The number of carboxylic acids is 1. The van der Waals surface area contributed by atoms with Gasteiger partial charge in [0.15, 0.2) is 5.69 Å². The van der Waals surface area contributed by atoms with E-state index in [0.717, 1.165) is 23.9 Å². The van der Waals surface area contributed by atoms with Crippen molar-refractivity contribution in [1.82, 2.24) is 24.6 Å². The molecule has 1 N–H and O–H groups in total. The normalized spacial score (nSPS) is 14.9. The van der Waals surface area contributed by atoms with Crippen molar-refractivity contribution in [1.29, 1.82) is 0 Å². The van der Waals surface area contributed by atoms with Crippen LogP contribution in [0.15, 0.2) is 48.8 Å². The Morgan fingerprint density at radius 3 is 2.29 bits per heavy atom. The second-order valence-electron chi connectivity index (χ2n) is 8.31. The molecule has 0 unspecified atom stereocenters. The number of hydrogen-bond donors (Lipinski definition) is 1. The molecule has 0 saturated carbocycles. The monoisotopic (exact) mass is 543 g/mol. The smallest absolute Gasteiger partial charge is 0.420 e. The maximum Gasteiger partial charge on any atom is 0.420 e. The zero-order valence-electron chi connectivity index (χ0n) is 19.3. The molecule has 1 aliphatic rings. The SMILES string of the molecule is O=C(O)c1nn(C(=O)N2CCN(Cc3cccc(Oc4cc(C(F)(F)F)ccn4)c3)CC2)cc1C(F)(F)F. The average molecular weight is 543 g/mol. The number of benzene rings is 1. The summed E-state index contributed by atoms with van der Waals surface area (Å²) in [4.78, 5) is 30.8. The van der Waals surface area contributed by atoms with Crippen LogP contribution in [0.5, 0.6) is 11.6 Å². The minimum Gasteiger partial charge on any atom is -0.476 e. The number of halogens is 6. The fourth-order valence-corrected chi connectivity index (χ4v) is 3.81. The van der Waals surface area contributed by atoms with Crippen LogP contribution < -0.4 is 4.74 Å². The third-order valence-corrected chi connectivity index (χ3v) is 5.65. The highest BCUT2D eigenvalue weighted by Crippen LogP contribution is 2.33. The summed E-state index contributed by atoms with van der Waals surface area (Å²) in [7, 11) is 0. The number of hydrogen-bond acceptors (Lipinski definition) is 6. The van der Waals surface area contributed by atoms with E-state index in [9.17, 15) is 35.9 Å². The number of alkyl halides is 6. The average Bonchev–Trinajstić information content (AvgIpc) is 3.31. The number of piperazine rings is 1. The first-order valence-corrected chi connectivity index (χ1v) is 11.0. The van der Waals surface area contributed by atoms with Crippen LogP contribution in [0.3, 0.4) is 0 Å². The molecule has 1 aromatic carbocycles. The number of carbonyl (C=O) groups is 2. The largest absolute Gasteiger partial charge is 0.476 e. The highest BCUT2D eigenvalue weighted by molar-refractivity contribution is 5.88. The van der Waals surface area contributed by atoms with Crippen molar-refractivity contribution in [2.75, 3.05) is 26.2 Å². The number of aromatic nitrogens is 3. The van der Waals surface area contributed by atoms with Crippen LogP contribution in [0, 0.1) is 0 Å². The molecule has 2 aromatic heterocycles. The molecule has 1 saturated heterocycles. The lowest BCUT2D eigenvalue weighted by Crippen LogP contribution is -2.49. The Morgan fingerprint density at radius 1 is 0.974 bits per heavy atom. The van der Waals surface area contributed by atoms with E-state index in [4.69, 9.17) is 9.84 Å². The molecule has 1 amide bonds. The zero-order chi connectivity index (χ0) is 27.7. The Hall–Kier alpha value is -4.14. The number of nitrogens with zero attached hydrogens (tertiary/aromatic N) is 5. The quantitative estimate of drug-likeness (QED) is 0.470. The minimum atomic E-state index is -4.99. The number of amides is 1. The first-order valence-electron chi connectivity index (χ1n) is 11.0. The van der Waals surface area contributed by atoms with Crippen molar-refractivity contribution >= 4 is 12.0 Å². The summed E-state index contributed by atoms with van der Waals surface area (Å²) in [6.45, 7) is 1.40. The summed E-state index contributed by atoms with van der Waals surface area (Å²) in [5, 5.41) is 12.3. The van der Waals surface area contributed by atoms with Gasteiger partial charge in [0.1, 0.15) is 11.3 Å². The van der Waals surface area contributed by atoms with Gasteiger partial charge in [-0.25, -0.2) is 14.6 Å². The van der Waals surface area contributed by atoms with Gasteiger partial charge in [-0.15, -0.1) is 0 Å². The van der Waals surface area contributed by atoms with Crippen molar-refractivity contribution in [2.24, 2.45) is 0 Å². The lowest BCUT2D eigenvalue weighted by molar-refractivity contribution is -0.138. The van der Waals surface area contributed by atoms with Gasteiger partial charge in [0.05, 0.1) is 5.56 Å². The van der Waals surface area contributed by atoms with E-state index in [1.165, 1.54) is 4.90 Å². The summed E-state index contributed by atoms with van der Waals surface area (Å²) >= 11 is 0. The first-order chi connectivity index (χ1) is 17.8. The number of ether oxygens (including phenoxy) is 1. The molecule has 202 valence electrons. The molecular formula is C23H19F6N5O4. The molecule has 0 bridgehead atoms. The van der Waals surface area contributed by atoms with Crippen molar-refractivity contribution in [3.05, 3.63) is 71.2 Å². The van der Waals surface area contributed by atoms with E-state index in [-0.39, 0.29) is 24.7 Å². The number of rotatable bonds is 5. The predicted octanol–water partition coefficient (Wildman–Crippen LogP) is 4.59. The number of aromatic carboxylic acids is 1. The summed E-state index contributed by atoms with van der Waals surface area (Å²) < 4.78 is 83.9. The maximum absolute atomic E-state index is 13.1. The molecule has 1 fully saturated rings. The van der Waals surface area contributed by atoms with Crippen LogP contribution in [0.4, 0.5) is 31.1 Å². The predicted molar refractivity (Wildman–Crippen MR) is 118 cm³/mol. The van der Waals surface area contributed by atoms with E-state index in [2.05, 4.69) is 10.1 Å². The van der Waals surface area contributed by atoms with Gasteiger partial charge in [0.25, 0.3) is 0 Å². The summed E-state index contributed by atoms with van der Waals surface area (Å²) in [6, 6.07) is 7.38. The van der Waals surface area contributed by atoms with Gasteiger partial charge in [-0.2, -0.15) is 36.1 Å². The fraction of sp³-hybridized carbons (Fsp3) is 0.304. The molecule has 3 aromatic rings. The van der Waals surface area contributed by atoms with Crippen LogP contribution in [-0.4, -0.2) is 67.9 Å². The van der Waals surface area contributed by atoms with E-state index in [1.54, 1.807) is 24.3 Å².